The van der Waals surface area contributed by atoms with Gasteiger partial charge >= 0.3 is 6.03 Å². The Morgan fingerprint density at radius 3 is 2.41 bits per heavy atom. The minimum Gasteiger partial charge on any atom is -0.439 e. The summed E-state index contributed by atoms with van der Waals surface area (Å²) >= 11 is 1.42. The van der Waals surface area contributed by atoms with Crippen LogP contribution in [0.2, 0.25) is 0 Å². The Morgan fingerprint density at radius 2 is 1.80 bits per heavy atom. The number of primary amides is 1. The molecule has 4 aromatic rings. The van der Waals surface area contributed by atoms with E-state index in [9.17, 15) is 26.8 Å². The molecule has 15 heteroatoms. The highest BCUT2D eigenvalue weighted by Crippen LogP contribution is 2.29. The van der Waals surface area contributed by atoms with Crippen LogP contribution in [0.5, 0.6) is 11.6 Å². The number of likely N-dealkylation sites (tertiary alicyclic amines) is 1. The maximum atomic E-state index is 14.5. The van der Waals surface area contributed by atoms with Gasteiger partial charge in [0.05, 0.1) is 23.2 Å². The number of halogens is 2. The SMILES string of the molecule is Cc1nc(Oc2ccc(NS(C)(=O)=O)cc2)ccc1CN1CCC(N(C(=O)Nc2cc(C(N)=O)c(F)cc2F)c2ccsc2)CC1. The summed E-state index contributed by atoms with van der Waals surface area (Å²) < 4.78 is 59.6. The number of hydrogen-bond acceptors (Lipinski definition) is 8. The number of piperidine rings is 1. The van der Waals surface area contributed by atoms with Crippen LogP contribution in [0.4, 0.5) is 30.6 Å². The zero-order valence-electron chi connectivity index (χ0n) is 25.0. The van der Waals surface area contributed by atoms with E-state index in [2.05, 4.69) is 19.9 Å². The average molecular weight is 671 g/mol. The smallest absolute Gasteiger partial charge is 0.326 e. The molecule has 0 saturated carbocycles. The first-order valence-corrected chi connectivity index (χ1v) is 17.1. The van der Waals surface area contributed by atoms with Crippen LogP contribution < -0.4 is 25.4 Å². The van der Waals surface area contributed by atoms with Crippen LogP contribution in [-0.4, -0.2) is 55.6 Å². The molecule has 46 heavy (non-hydrogen) atoms. The maximum Gasteiger partial charge on any atom is 0.326 e. The topological polar surface area (TPSA) is 147 Å². The number of anilines is 3. The summed E-state index contributed by atoms with van der Waals surface area (Å²) in [5.74, 6) is -2.28. The van der Waals surface area contributed by atoms with E-state index < -0.39 is 39.2 Å². The van der Waals surface area contributed by atoms with E-state index in [1.807, 2.05) is 23.8 Å². The van der Waals surface area contributed by atoms with Crippen LogP contribution in [0.1, 0.15) is 34.5 Å². The summed E-state index contributed by atoms with van der Waals surface area (Å²) in [4.78, 5) is 33.4. The Hall–Kier alpha value is -4.60. The summed E-state index contributed by atoms with van der Waals surface area (Å²) in [5.41, 5.74) is 7.23. The molecule has 4 N–H and O–H groups in total. The number of rotatable bonds is 10. The van der Waals surface area contributed by atoms with Crippen molar-refractivity contribution in [3.63, 3.8) is 0 Å². The predicted octanol–water partition coefficient (Wildman–Crippen LogP) is 5.70. The molecule has 0 unspecified atom stereocenters. The lowest BCUT2D eigenvalue weighted by Gasteiger charge is -2.38. The number of carbonyl (C=O) groups excluding carboxylic acids is 2. The van der Waals surface area contributed by atoms with Crippen molar-refractivity contribution < 1.29 is 31.5 Å². The van der Waals surface area contributed by atoms with Crippen molar-refractivity contribution in [1.29, 1.82) is 0 Å². The highest BCUT2D eigenvalue weighted by Gasteiger charge is 2.30. The minimum atomic E-state index is -3.37. The van der Waals surface area contributed by atoms with Crippen molar-refractivity contribution in [2.45, 2.75) is 32.4 Å². The molecular formula is C31H32F2N6O5S2. The minimum absolute atomic E-state index is 0.195. The number of nitrogens with two attached hydrogens (primary N) is 1. The van der Waals surface area contributed by atoms with Crippen LogP contribution >= 0.6 is 11.3 Å². The number of amides is 3. The normalized spacial score (nSPS) is 14.1. The van der Waals surface area contributed by atoms with Gasteiger partial charge in [-0.25, -0.2) is 27.0 Å². The van der Waals surface area contributed by atoms with Crippen LogP contribution in [0.15, 0.2) is 65.4 Å². The number of nitrogens with zero attached hydrogens (tertiary/aromatic N) is 3. The second-order valence-corrected chi connectivity index (χ2v) is 13.4. The summed E-state index contributed by atoms with van der Waals surface area (Å²) in [6.07, 6.45) is 2.36. The highest BCUT2D eigenvalue weighted by atomic mass is 32.2. The fourth-order valence-corrected chi connectivity index (χ4v) is 6.38. The molecule has 1 fully saturated rings. The molecule has 1 saturated heterocycles. The van der Waals surface area contributed by atoms with E-state index in [0.29, 0.717) is 61.5 Å². The summed E-state index contributed by atoms with van der Waals surface area (Å²) in [6.45, 7) is 3.90. The molecule has 2 aromatic carbocycles. The van der Waals surface area contributed by atoms with Crippen LogP contribution in [0.3, 0.4) is 0 Å². The Balaban J connectivity index is 1.21. The molecule has 3 amide bonds. The monoisotopic (exact) mass is 670 g/mol. The third-order valence-electron chi connectivity index (χ3n) is 7.43. The van der Waals surface area contributed by atoms with E-state index in [1.54, 1.807) is 41.3 Å². The lowest BCUT2D eigenvalue weighted by molar-refractivity contribution is 0.0996. The molecule has 1 aliphatic heterocycles. The second-order valence-electron chi connectivity index (χ2n) is 10.9. The van der Waals surface area contributed by atoms with Crippen LogP contribution in [-0.2, 0) is 16.6 Å². The average Bonchev–Trinajstić information content (AvgIpc) is 3.51. The van der Waals surface area contributed by atoms with Crippen molar-refractivity contribution in [3.8, 4) is 11.6 Å². The Labute approximate surface area is 269 Å². The van der Waals surface area contributed by atoms with Crippen LogP contribution in [0.25, 0.3) is 0 Å². The molecular weight excluding hydrogens is 639 g/mol. The molecule has 0 aliphatic carbocycles. The summed E-state index contributed by atoms with van der Waals surface area (Å²) in [7, 11) is -3.37. The van der Waals surface area contributed by atoms with Crippen molar-refractivity contribution in [2.24, 2.45) is 5.73 Å². The van der Waals surface area contributed by atoms with Gasteiger partial charge in [-0.15, -0.1) is 0 Å². The molecule has 2 aromatic heterocycles. The number of ether oxygens (including phenoxy) is 1. The third-order valence-corrected chi connectivity index (χ3v) is 8.71. The molecule has 11 nitrogen and oxygen atoms in total. The lowest BCUT2D eigenvalue weighted by atomic mass is 10.0. The number of thiophene rings is 1. The molecule has 0 atom stereocenters. The highest BCUT2D eigenvalue weighted by molar-refractivity contribution is 7.92. The second kappa shape index (κ2) is 13.8. The van der Waals surface area contributed by atoms with Crippen molar-refractivity contribution in [3.05, 3.63) is 93.8 Å². The first-order chi connectivity index (χ1) is 21.9. The van der Waals surface area contributed by atoms with Gasteiger partial charge in [0.2, 0.25) is 15.9 Å². The van der Waals surface area contributed by atoms with E-state index >= 15 is 0 Å². The quantitative estimate of drug-likeness (QED) is 0.196. The number of pyridine rings is 1. The van der Waals surface area contributed by atoms with Crippen molar-refractivity contribution >= 4 is 50.4 Å². The number of hydrogen-bond donors (Lipinski definition) is 3. The van der Waals surface area contributed by atoms with Gasteiger partial charge in [0.25, 0.3) is 5.91 Å². The Bertz CT molecular complexity index is 1830. The lowest BCUT2D eigenvalue weighted by Crippen LogP contribution is -2.49. The van der Waals surface area contributed by atoms with Gasteiger partial charge in [-0.3, -0.25) is 19.3 Å². The number of benzene rings is 2. The van der Waals surface area contributed by atoms with Gasteiger partial charge in [-0.05, 0) is 67.1 Å². The first-order valence-electron chi connectivity index (χ1n) is 14.2. The number of carbonyl (C=O) groups is 2. The van der Waals surface area contributed by atoms with E-state index in [0.717, 1.165) is 23.6 Å². The fourth-order valence-electron chi connectivity index (χ4n) is 5.19. The predicted molar refractivity (Wildman–Crippen MR) is 173 cm³/mol. The standard InChI is InChI=1S/C31H32F2N6O5S2/c1-19-20(3-8-29(35-19)44-24-6-4-21(5-7-24)37-46(2,42)43)17-38-12-9-22(10-13-38)39(23-11-14-45-18-23)31(41)36-28-15-25(30(34)40)26(32)16-27(28)33/h3-8,11,14-16,18,22,37H,9-10,12-13,17H2,1-2H3,(H2,34,40)(H,36,41). The molecule has 1 aliphatic rings. The maximum absolute atomic E-state index is 14.5. The molecule has 242 valence electrons. The first kappa shape index (κ1) is 32.8. The Morgan fingerprint density at radius 1 is 1.09 bits per heavy atom. The number of aromatic nitrogens is 1. The largest absolute Gasteiger partial charge is 0.439 e. The summed E-state index contributed by atoms with van der Waals surface area (Å²) in [5, 5.41) is 6.15. The molecule has 3 heterocycles. The number of nitrogens with one attached hydrogen (secondary N) is 2. The van der Waals surface area contributed by atoms with Gasteiger partial charge in [-0.1, -0.05) is 6.07 Å². The third kappa shape index (κ3) is 8.16. The van der Waals surface area contributed by atoms with Crippen molar-refractivity contribution in [1.82, 2.24) is 9.88 Å². The summed E-state index contributed by atoms with van der Waals surface area (Å²) in [6, 6.07) is 12.7. The number of aryl methyl sites for hydroxylation is 1. The molecule has 0 radical (unpaired) electrons. The van der Waals surface area contributed by atoms with E-state index in [-0.39, 0.29) is 11.7 Å². The Kier molecular flexibility index (Phi) is 9.84. The fraction of sp³-hybridized carbons (Fsp3) is 0.258. The zero-order valence-corrected chi connectivity index (χ0v) is 26.6. The number of urea groups is 1. The van der Waals surface area contributed by atoms with E-state index in [4.69, 9.17) is 10.5 Å². The van der Waals surface area contributed by atoms with Gasteiger partial charge < -0.3 is 15.8 Å². The molecule has 0 bridgehead atoms. The zero-order chi connectivity index (χ0) is 33.0. The van der Waals surface area contributed by atoms with E-state index in [1.165, 1.54) is 11.3 Å². The van der Waals surface area contributed by atoms with Gasteiger partial charge in [0.15, 0.2) is 0 Å². The van der Waals surface area contributed by atoms with Crippen LogP contribution in [0, 0.1) is 18.6 Å². The van der Waals surface area contributed by atoms with Gasteiger partial charge in [-0.2, -0.15) is 11.3 Å². The number of sulfonamides is 1. The molecule has 5 rings (SSSR count). The molecule has 0 spiro atoms. The van der Waals surface area contributed by atoms with Crippen molar-refractivity contribution in [2.75, 3.05) is 34.3 Å². The van der Waals surface area contributed by atoms with Gasteiger partial charge in [0, 0.05) is 54.6 Å². The van der Waals surface area contributed by atoms with Gasteiger partial charge in [0.1, 0.15) is 17.4 Å².